The average Bonchev–Trinajstić information content (AvgIpc) is 2.97. The Hall–Kier alpha value is -1.59. The van der Waals surface area contributed by atoms with Gasteiger partial charge in [-0.15, -0.1) is 11.3 Å². The largest absolute Gasteiger partial charge is 0.375 e. The molecule has 2 N–H and O–H groups in total. The van der Waals surface area contributed by atoms with Crippen molar-refractivity contribution >= 4 is 38.8 Å². The zero-order chi connectivity index (χ0) is 11.7. The molecular formula is C11H9ClN4S. The second kappa shape index (κ2) is 4.35. The quantitative estimate of drug-likeness (QED) is 0.763. The SMILES string of the molecule is Clc1ccc2scnc2c1NCc1ncc[nH]1. The molecule has 0 spiro atoms. The summed E-state index contributed by atoms with van der Waals surface area (Å²) in [4.78, 5) is 11.5. The van der Waals surface area contributed by atoms with E-state index in [1.807, 2.05) is 17.6 Å². The number of rotatable bonds is 3. The van der Waals surface area contributed by atoms with E-state index in [9.17, 15) is 0 Å². The van der Waals surface area contributed by atoms with Gasteiger partial charge in [0.25, 0.3) is 0 Å². The van der Waals surface area contributed by atoms with Crippen LogP contribution in [0.1, 0.15) is 5.82 Å². The van der Waals surface area contributed by atoms with Crippen LogP contribution in [-0.4, -0.2) is 15.0 Å². The van der Waals surface area contributed by atoms with Crippen LogP contribution in [0.4, 0.5) is 5.69 Å². The fraction of sp³-hybridized carbons (Fsp3) is 0.0909. The first-order valence-corrected chi connectivity index (χ1v) is 6.34. The molecular weight excluding hydrogens is 256 g/mol. The lowest BCUT2D eigenvalue weighted by Gasteiger charge is -2.07. The van der Waals surface area contributed by atoms with Crippen LogP contribution in [-0.2, 0) is 6.54 Å². The lowest BCUT2D eigenvalue weighted by atomic mass is 10.3. The Morgan fingerprint density at radius 2 is 2.29 bits per heavy atom. The Morgan fingerprint density at radius 1 is 1.35 bits per heavy atom. The summed E-state index contributed by atoms with van der Waals surface area (Å²) in [5, 5.41) is 3.94. The minimum absolute atomic E-state index is 0.601. The molecule has 0 saturated carbocycles. The van der Waals surface area contributed by atoms with Crippen LogP contribution in [0.15, 0.2) is 30.0 Å². The number of hydrogen-bond acceptors (Lipinski definition) is 4. The Bertz CT molecular complexity index is 632. The predicted octanol–water partition coefficient (Wildman–Crippen LogP) is 3.28. The molecule has 2 heterocycles. The van der Waals surface area contributed by atoms with Crippen molar-refractivity contribution in [1.82, 2.24) is 15.0 Å². The number of thiazole rings is 1. The van der Waals surface area contributed by atoms with Gasteiger partial charge in [-0.3, -0.25) is 0 Å². The highest BCUT2D eigenvalue weighted by Crippen LogP contribution is 2.32. The highest BCUT2D eigenvalue weighted by molar-refractivity contribution is 7.16. The second-order valence-electron chi connectivity index (χ2n) is 3.51. The Morgan fingerprint density at radius 3 is 3.12 bits per heavy atom. The number of nitrogens with one attached hydrogen (secondary N) is 2. The molecule has 17 heavy (non-hydrogen) atoms. The van der Waals surface area contributed by atoms with E-state index < -0.39 is 0 Å². The Kier molecular flexibility index (Phi) is 2.70. The van der Waals surface area contributed by atoms with Crippen molar-refractivity contribution in [2.75, 3.05) is 5.32 Å². The number of H-pyrrole nitrogens is 1. The Labute approximate surface area is 107 Å². The first-order chi connectivity index (χ1) is 8.34. The van der Waals surface area contributed by atoms with Gasteiger partial charge in [-0.25, -0.2) is 9.97 Å². The molecule has 0 fully saturated rings. The summed E-state index contributed by atoms with van der Waals surface area (Å²) in [7, 11) is 0. The number of fused-ring (bicyclic) bond motifs is 1. The minimum atomic E-state index is 0.601. The molecule has 2 aromatic heterocycles. The van der Waals surface area contributed by atoms with Gasteiger partial charge < -0.3 is 10.3 Å². The fourth-order valence-corrected chi connectivity index (χ4v) is 2.55. The van der Waals surface area contributed by atoms with Crippen LogP contribution >= 0.6 is 22.9 Å². The number of aromatic nitrogens is 3. The van der Waals surface area contributed by atoms with Crippen molar-refractivity contribution in [1.29, 1.82) is 0 Å². The molecule has 0 atom stereocenters. The van der Waals surface area contributed by atoms with Crippen LogP contribution in [0.2, 0.25) is 5.02 Å². The number of halogens is 1. The first kappa shape index (κ1) is 10.6. The first-order valence-electron chi connectivity index (χ1n) is 5.08. The van der Waals surface area contributed by atoms with Crippen molar-refractivity contribution in [3.05, 3.63) is 40.9 Å². The molecule has 6 heteroatoms. The molecule has 0 radical (unpaired) electrons. The zero-order valence-corrected chi connectivity index (χ0v) is 10.3. The number of anilines is 1. The van der Waals surface area contributed by atoms with Crippen molar-refractivity contribution in [3.63, 3.8) is 0 Å². The van der Waals surface area contributed by atoms with E-state index in [2.05, 4.69) is 20.3 Å². The maximum absolute atomic E-state index is 6.17. The van der Waals surface area contributed by atoms with E-state index in [0.29, 0.717) is 11.6 Å². The molecule has 0 bridgehead atoms. The van der Waals surface area contributed by atoms with Crippen molar-refractivity contribution in [3.8, 4) is 0 Å². The van der Waals surface area contributed by atoms with Gasteiger partial charge >= 0.3 is 0 Å². The molecule has 0 unspecified atom stereocenters. The molecule has 86 valence electrons. The summed E-state index contributed by atoms with van der Waals surface area (Å²) >= 11 is 7.77. The lowest BCUT2D eigenvalue weighted by Crippen LogP contribution is -2.02. The summed E-state index contributed by atoms with van der Waals surface area (Å²) in [6, 6.07) is 3.86. The van der Waals surface area contributed by atoms with Gasteiger partial charge in [-0.05, 0) is 12.1 Å². The summed E-state index contributed by atoms with van der Waals surface area (Å²) in [5.74, 6) is 0.869. The van der Waals surface area contributed by atoms with Crippen LogP contribution in [0, 0.1) is 0 Å². The van der Waals surface area contributed by atoms with E-state index >= 15 is 0 Å². The summed E-state index contributed by atoms with van der Waals surface area (Å²) < 4.78 is 1.12. The van der Waals surface area contributed by atoms with Crippen molar-refractivity contribution in [2.45, 2.75) is 6.54 Å². The van der Waals surface area contributed by atoms with Crippen LogP contribution in [0.5, 0.6) is 0 Å². The van der Waals surface area contributed by atoms with Crippen LogP contribution < -0.4 is 5.32 Å². The lowest BCUT2D eigenvalue weighted by molar-refractivity contribution is 1.00. The summed E-state index contributed by atoms with van der Waals surface area (Å²) in [6.45, 7) is 0.601. The number of nitrogens with zero attached hydrogens (tertiary/aromatic N) is 2. The summed E-state index contributed by atoms with van der Waals surface area (Å²) in [6.07, 6.45) is 3.52. The van der Waals surface area contributed by atoms with Gasteiger partial charge in [0.05, 0.1) is 27.5 Å². The molecule has 3 aromatic rings. The van der Waals surface area contributed by atoms with E-state index in [1.54, 1.807) is 23.7 Å². The topological polar surface area (TPSA) is 53.6 Å². The maximum Gasteiger partial charge on any atom is 0.125 e. The maximum atomic E-state index is 6.17. The Balaban J connectivity index is 1.93. The molecule has 4 nitrogen and oxygen atoms in total. The van der Waals surface area contributed by atoms with Crippen LogP contribution in [0.3, 0.4) is 0 Å². The van der Waals surface area contributed by atoms with Gasteiger partial charge in [0.2, 0.25) is 0 Å². The van der Waals surface area contributed by atoms with Gasteiger partial charge in [-0.2, -0.15) is 0 Å². The molecule has 1 aromatic carbocycles. The van der Waals surface area contributed by atoms with E-state index in [4.69, 9.17) is 11.6 Å². The van der Waals surface area contributed by atoms with Gasteiger partial charge in [0.15, 0.2) is 0 Å². The van der Waals surface area contributed by atoms with Gasteiger partial charge in [0.1, 0.15) is 11.3 Å². The number of aromatic amines is 1. The zero-order valence-electron chi connectivity index (χ0n) is 8.77. The fourth-order valence-electron chi connectivity index (χ4n) is 1.64. The normalized spacial score (nSPS) is 10.9. The third kappa shape index (κ3) is 1.99. The highest BCUT2D eigenvalue weighted by Gasteiger charge is 2.08. The number of imidazole rings is 1. The standard InChI is InChI=1S/C11H9ClN4S/c12-7-1-2-8-11(16-6-17-8)10(7)15-5-9-13-3-4-14-9/h1-4,6,15H,5H2,(H,13,14). The van der Waals surface area contributed by atoms with E-state index in [-0.39, 0.29) is 0 Å². The molecule has 3 rings (SSSR count). The van der Waals surface area contributed by atoms with Gasteiger partial charge in [-0.1, -0.05) is 11.6 Å². The third-order valence-corrected chi connectivity index (χ3v) is 3.55. The molecule has 0 aliphatic carbocycles. The molecule has 0 saturated heterocycles. The summed E-state index contributed by atoms with van der Waals surface area (Å²) in [5.41, 5.74) is 3.59. The number of benzene rings is 1. The van der Waals surface area contributed by atoms with Gasteiger partial charge in [0, 0.05) is 12.4 Å². The molecule has 0 aliphatic rings. The number of hydrogen-bond donors (Lipinski definition) is 2. The molecule has 0 amide bonds. The predicted molar refractivity (Wildman–Crippen MR) is 70.5 cm³/mol. The van der Waals surface area contributed by atoms with Crippen molar-refractivity contribution < 1.29 is 0 Å². The highest BCUT2D eigenvalue weighted by atomic mass is 35.5. The van der Waals surface area contributed by atoms with E-state index in [0.717, 1.165) is 21.7 Å². The van der Waals surface area contributed by atoms with Crippen LogP contribution in [0.25, 0.3) is 10.2 Å². The van der Waals surface area contributed by atoms with Crippen molar-refractivity contribution in [2.24, 2.45) is 0 Å². The smallest absolute Gasteiger partial charge is 0.125 e. The monoisotopic (exact) mass is 264 g/mol. The minimum Gasteiger partial charge on any atom is -0.375 e. The second-order valence-corrected chi connectivity index (χ2v) is 4.80. The van der Waals surface area contributed by atoms with E-state index in [1.165, 1.54) is 0 Å². The molecule has 0 aliphatic heterocycles. The third-order valence-electron chi connectivity index (χ3n) is 2.44. The average molecular weight is 265 g/mol.